The van der Waals surface area contributed by atoms with Gasteiger partial charge >= 0.3 is 0 Å². The highest BCUT2D eigenvalue weighted by atomic mass is 16.4. The lowest BCUT2D eigenvalue weighted by Gasteiger charge is -2.60. The van der Waals surface area contributed by atoms with Crippen molar-refractivity contribution in [2.45, 2.75) is 13.8 Å². The molecule has 0 spiro atoms. The number of hydrogen-bond acceptors (Lipinski definition) is 8. The minimum Gasteiger partial charge on any atom is -0.411 e. The zero-order valence-corrected chi connectivity index (χ0v) is 21.7. The van der Waals surface area contributed by atoms with Gasteiger partial charge in [0.15, 0.2) is 0 Å². The van der Waals surface area contributed by atoms with Crippen LogP contribution in [0.15, 0.2) is 71.0 Å². The van der Waals surface area contributed by atoms with Gasteiger partial charge in [0.25, 0.3) is 0 Å². The number of rotatable bonds is 4. The van der Waals surface area contributed by atoms with Gasteiger partial charge in [-0.1, -0.05) is 46.7 Å². The molecule has 0 radical (unpaired) electrons. The third-order valence-electron chi connectivity index (χ3n) is 9.73. The Morgan fingerprint density at radius 2 is 0.900 bits per heavy atom. The molecule has 10 nitrogen and oxygen atoms in total. The summed E-state index contributed by atoms with van der Waals surface area (Å²) < 4.78 is 0. The average Bonchev–Trinajstić information content (AvgIpc) is 3.35. The predicted molar refractivity (Wildman–Crippen MR) is 143 cm³/mol. The van der Waals surface area contributed by atoms with Crippen molar-refractivity contribution >= 4 is 46.4 Å². The van der Waals surface area contributed by atoms with E-state index >= 15 is 0 Å². The first-order valence-corrected chi connectivity index (χ1v) is 13.3. The van der Waals surface area contributed by atoms with E-state index in [1.54, 1.807) is 62.4 Å². The van der Waals surface area contributed by atoms with E-state index in [0.29, 0.717) is 33.9 Å². The van der Waals surface area contributed by atoms with Crippen LogP contribution in [0.4, 0.5) is 11.4 Å². The van der Waals surface area contributed by atoms with Gasteiger partial charge in [0.05, 0.1) is 46.5 Å². The molecule has 2 N–H and O–H groups in total. The van der Waals surface area contributed by atoms with Crippen LogP contribution in [0.25, 0.3) is 0 Å². The molecular formula is C30H26N4O6. The summed E-state index contributed by atoms with van der Waals surface area (Å²) in [5.74, 6) is -4.20. The highest BCUT2D eigenvalue weighted by molar-refractivity contribution is 6.25. The van der Waals surface area contributed by atoms with Crippen LogP contribution >= 0.6 is 0 Å². The molecule has 2 aromatic rings. The number of benzene rings is 2. The molecule has 0 aromatic heterocycles. The van der Waals surface area contributed by atoms with Crippen molar-refractivity contribution in [3.05, 3.63) is 71.8 Å². The molecule has 2 saturated heterocycles. The lowest BCUT2D eigenvalue weighted by atomic mass is 9.40. The van der Waals surface area contributed by atoms with E-state index in [4.69, 9.17) is 10.4 Å². The van der Waals surface area contributed by atoms with E-state index in [2.05, 4.69) is 10.3 Å². The zero-order valence-electron chi connectivity index (χ0n) is 21.7. The van der Waals surface area contributed by atoms with Gasteiger partial charge in [-0.3, -0.25) is 29.0 Å². The number of carbonyl (C=O) groups is 4. The Morgan fingerprint density at radius 3 is 1.23 bits per heavy atom. The van der Waals surface area contributed by atoms with E-state index in [1.807, 2.05) is 12.2 Å². The smallest absolute Gasteiger partial charge is 0.238 e. The molecule has 202 valence electrons. The fourth-order valence-electron chi connectivity index (χ4n) is 7.93. The SMILES string of the molecule is C/C(=N/O)c1ccc(N2C(=O)[C@@H]3[C@@H](C2=O)[C@H]2[C@H]4C=C[C@H]([C@H]5C(=O)N(c6ccc(/C(C)=N/O)cc6)C(=O)[C@@H]45)[C@H]32)cc1. The van der Waals surface area contributed by atoms with Gasteiger partial charge in [0, 0.05) is 0 Å². The molecule has 4 amide bonds. The quantitative estimate of drug-likeness (QED) is 0.202. The van der Waals surface area contributed by atoms with Crippen molar-refractivity contribution in [3.8, 4) is 0 Å². The largest absolute Gasteiger partial charge is 0.411 e. The summed E-state index contributed by atoms with van der Waals surface area (Å²) in [4.78, 5) is 57.3. The summed E-state index contributed by atoms with van der Waals surface area (Å²) in [6.45, 7) is 3.30. The van der Waals surface area contributed by atoms with E-state index < -0.39 is 23.7 Å². The lowest BCUT2D eigenvalue weighted by Crippen LogP contribution is -2.63. The molecule has 2 bridgehead atoms. The first kappa shape index (κ1) is 24.4. The minimum absolute atomic E-state index is 0.173. The second-order valence-electron chi connectivity index (χ2n) is 11.3. The number of fused-ring (bicyclic) bond motifs is 1. The third kappa shape index (κ3) is 2.98. The van der Waals surface area contributed by atoms with Crippen LogP contribution in [0.5, 0.6) is 0 Å². The number of anilines is 2. The summed E-state index contributed by atoms with van der Waals surface area (Å²) >= 11 is 0. The normalized spacial score (nSPS) is 34.2. The van der Waals surface area contributed by atoms with Crippen LogP contribution in [0.3, 0.4) is 0 Å². The maximum Gasteiger partial charge on any atom is 0.238 e. The van der Waals surface area contributed by atoms with Crippen molar-refractivity contribution in [2.75, 3.05) is 9.80 Å². The van der Waals surface area contributed by atoms with Gasteiger partial charge < -0.3 is 10.4 Å². The first-order valence-electron chi connectivity index (χ1n) is 13.3. The van der Waals surface area contributed by atoms with Crippen molar-refractivity contribution in [3.63, 3.8) is 0 Å². The van der Waals surface area contributed by atoms with E-state index in [-0.39, 0.29) is 47.3 Å². The van der Waals surface area contributed by atoms with Crippen LogP contribution in [-0.4, -0.2) is 45.5 Å². The zero-order chi connectivity index (χ0) is 28.0. The molecule has 8 atom stereocenters. The van der Waals surface area contributed by atoms with Gasteiger partial charge in [0.1, 0.15) is 0 Å². The molecular weight excluding hydrogens is 512 g/mol. The van der Waals surface area contributed by atoms with E-state index in [9.17, 15) is 19.2 Å². The molecule has 2 heterocycles. The predicted octanol–water partition coefficient (Wildman–Crippen LogP) is 3.06. The van der Waals surface area contributed by atoms with Gasteiger partial charge in [-0.15, -0.1) is 0 Å². The topological polar surface area (TPSA) is 140 Å². The van der Waals surface area contributed by atoms with Crippen LogP contribution in [0, 0.1) is 47.3 Å². The lowest BCUT2D eigenvalue weighted by molar-refractivity contribution is -0.166. The second kappa shape index (κ2) is 8.45. The number of carbonyl (C=O) groups excluding carboxylic acids is 4. The van der Waals surface area contributed by atoms with Crippen LogP contribution in [0.2, 0.25) is 0 Å². The number of oxime groups is 2. The second-order valence-corrected chi connectivity index (χ2v) is 11.3. The third-order valence-corrected chi connectivity index (χ3v) is 9.73. The highest BCUT2D eigenvalue weighted by Crippen LogP contribution is 2.68. The molecule has 2 aromatic carbocycles. The summed E-state index contributed by atoms with van der Waals surface area (Å²) in [7, 11) is 0. The maximum absolute atomic E-state index is 13.7. The molecule has 2 saturated carbocycles. The average molecular weight is 539 g/mol. The number of imide groups is 2. The Bertz CT molecular complexity index is 1520. The Hall–Kier alpha value is -4.60. The van der Waals surface area contributed by atoms with Crippen molar-refractivity contribution in [1.29, 1.82) is 0 Å². The van der Waals surface area contributed by atoms with Crippen LogP contribution < -0.4 is 9.80 Å². The molecule has 8 rings (SSSR count). The Kier molecular flexibility index (Phi) is 5.16. The Morgan fingerprint density at radius 1 is 0.575 bits per heavy atom. The van der Waals surface area contributed by atoms with Crippen LogP contribution in [0.1, 0.15) is 25.0 Å². The molecule has 40 heavy (non-hydrogen) atoms. The van der Waals surface area contributed by atoms with Gasteiger partial charge in [-0.2, -0.15) is 0 Å². The fourth-order valence-corrected chi connectivity index (χ4v) is 7.93. The number of allylic oxidation sites excluding steroid dienone is 2. The molecule has 4 aliphatic carbocycles. The molecule has 2 aliphatic heterocycles. The molecule has 6 aliphatic rings. The Balaban J connectivity index is 1.18. The van der Waals surface area contributed by atoms with Crippen LogP contribution in [-0.2, 0) is 19.2 Å². The number of hydrogen-bond donors (Lipinski definition) is 2. The summed E-state index contributed by atoms with van der Waals surface area (Å²) in [6.07, 6.45) is 3.96. The standard InChI is InChI=1S/C30H26N4O6/c1-13(31-39)15-3-7-17(8-4-15)33-27(35)23-19-11-12-20(24(23)28(33)36)22-21(19)25-26(22)30(38)34(29(25)37)18-9-5-16(6-10-18)14(2)32-40/h3-12,19-26,39-40H,1-2H3/b31-13+,32-14-/t19-,20+,21-,22-,23+,24-,25-,26-/m0/s1. The first-order chi connectivity index (χ1) is 19.3. The summed E-state index contributed by atoms with van der Waals surface area (Å²) in [5.41, 5.74) is 3.08. The van der Waals surface area contributed by atoms with Crippen molar-refractivity contribution in [2.24, 2.45) is 57.7 Å². The number of nitrogens with zero attached hydrogens (tertiary/aromatic N) is 4. The van der Waals surface area contributed by atoms with E-state index in [0.717, 1.165) is 0 Å². The summed E-state index contributed by atoms with van der Waals surface area (Å²) in [5, 5.41) is 24.5. The number of amides is 4. The van der Waals surface area contributed by atoms with Crippen molar-refractivity contribution in [1.82, 2.24) is 0 Å². The Labute approximate surface area is 229 Å². The monoisotopic (exact) mass is 538 g/mol. The van der Waals surface area contributed by atoms with Gasteiger partial charge in [-0.25, -0.2) is 0 Å². The van der Waals surface area contributed by atoms with E-state index in [1.165, 1.54) is 9.80 Å². The fraction of sp³-hybridized carbons (Fsp3) is 0.333. The minimum atomic E-state index is -0.568. The highest BCUT2D eigenvalue weighted by Gasteiger charge is 2.75. The van der Waals surface area contributed by atoms with Gasteiger partial charge in [0.2, 0.25) is 23.6 Å². The maximum atomic E-state index is 13.7. The van der Waals surface area contributed by atoms with Gasteiger partial charge in [-0.05, 0) is 72.9 Å². The summed E-state index contributed by atoms with van der Waals surface area (Å²) in [6, 6.07) is 13.5. The van der Waals surface area contributed by atoms with Crippen molar-refractivity contribution < 1.29 is 29.6 Å². The molecule has 10 heteroatoms. The molecule has 0 unspecified atom stereocenters. The molecule has 4 fully saturated rings.